The maximum atomic E-state index is 8.83. The first-order valence-electron chi connectivity index (χ1n) is 7.18. The highest BCUT2D eigenvalue weighted by atomic mass is 15.1. The van der Waals surface area contributed by atoms with Crippen LogP contribution in [0, 0.1) is 18.3 Å². The van der Waals surface area contributed by atoms with Gasteiger partial charge in [0.2, 0.25) is 5.95 Å². The summed E-state index contributed by atoms with van der Waals surface area (Å²) in [5, 5.41) is 15.2. The Kier molecular flexibility index (Phi) is 4.16. The molecule has 2 aromatic carbocycles. The third-order valence-corrected chi connectivity index (χ3v) is 3.17. The third kappa shape index (κ3) is 3.83. The summed E-state index contributed by atoms with van der Waals surface area (Å²) in [6.45, 7) is 1.92. The summed E-state index contributed by atoms with van der Waals surface area (Å²) in [5.74, 6) is 1.23. The molecule has 112 valence electrons. The Morgan fingerprint density at radius 2 is 1.57 bits per heavy atom. The van der Waals surface area contributed by atoms with E-state index in [-0.39, 0.29) is 0 Å². The molecule has 5 heteroatoms. The van der Waals surface area contributed by atoms with Gasteiger partial charge >= 0.3 is 0 Å². The monoisotopic (exact) mass is 301 g/mol. The van der Waals surface area contributed by atoms with Crippen LogP contribution in [0.4, 0.5) is 23.1 Å². The van der Waals surface area contributed by atoms with Gasteiger partial charge in [0.15, 0.2) is 0 Å². The fourth-order valence-corrected chi connectivity index (χ4v) is 2.12. The topological polar surface area (TPSA) is 73.6 Å². The molecule has 23 heavy (non-hydrogen) atoms. The molecule has 3 aromatic rings. The van der Waals surface area contributed by atoms with Crippen LogP contribution in [-0.4, -0.2) is 9.97 Å². The van der Waals surface area contributed by atoms with E-state index >= 15 is 0 Å². The SMILES string of the molecule is Cc1cc(Nc2ccc(C#N)cc2)nc(Nc2ccccc2)n1. The molecule has 0 atom stereocenters. The number of nitrogens with one attached hydrogen (secondary N) is 2. The van der Waals surface area contributed by atoms with Gasteiger partial charge in [-0.05, 0) is 43.3 Å². The van der Waals surface area contributed by atoms with Gasteiger partial charge in [0.05, 0.1) is 11.6 Å². The Balaban J connectivity index is 1.81. The highest BCUT2D eigenvalue weighted by Gasteiger charge is 2.03. The molecule has 1 aromatic heterocycles. The molecule has 0 aliphatic rings. The van der Waals surface area contributed by atoms with E-state index in [1.54, 1.807) is 12.1 Å². The minimum absolute atomic E-state index is 0.535. The fourth-order valence-electron chi connectivity index (χ4n) is 2.12. The zero-order chi connectivity index (χ0) is 16.1. The molecule has 0 unspecified atom stereocenters. The van der Waals surface area contributed by atoms with Gasteiger partial charge in [-0.3, -0.25) is 0 Å². The number of para-hydroxylation sites is 1. The maximum absolute atomic E-state index is 8.83. The van der Waals surface area contributed by atoms with Crippen molar-refractivity contribution in [3.63, 3.8) is 0 Å². The van der Waals surface area contributed by atoms with Crippen LogP contribution in [0.3, 0.4) is 0 Å². The second-order valence-electron chi connectivity index (χ2n) is 5.02. The number of hydrogen-bond donors (Lipinski definition) is 2. The summed E-state index contributed by atoms with van der Waals surface area (Å²) in [4.78, 5) is 8.86. The van der Waals surface area contributed by atoms with Crippen molar-refractivity contribution in [1.29, 1.82) is 5.26 Å². The average Bonchev–Trinajstić information content (AvgIpc) is 2.56. The van der Waals surface area contributed by atoms with Gasteiger partial charge < -0.3 is 10.6 Å². The van der Waals surface area contributed by atoms with Crippen LogP contribution < -0.4 is 10.6 Å². The standard InChI is InChI=1S/C18H15N5/c1-13-11-17(21-16-9-7-14(12-19)8-10-16)23-18(20-13)22-15-5-3-2-4-6-15/h2-11H,1H3,(H2,20,21,22,23). The lowest BCUT2D eigenvalue weighted by Gasteiger charge is -2.10. The van der Waals surface area contributed by atoms with Crippen LogP contribution in [0.5, 0.6) is 0 Å². The predicted molar refractivity (Wildman–Crippen MR) is 90.9 cm³/mol. The number of anilines is 4. The predicted octanol–water partition coefficient (Wildman–Crippen LogP) is 4.14. The number of benzene rings is 2. The number of nitriles is 1. The lowest BCUT2D eigenvalue weighted by molar-refractivity contribution is 1.11. The molecule has 0 spiro atoms. The first kappa shape index (κ1) is 14.5. The number of rotatable bonds is 4. The zero-order valence-electron chi connectivity index (χ0n) is 12.6. The second kappa shape index (κ2) is 6.58. The van der Waals surface area contributed by atoms with E-state index in [2.05, 4.69) is 26.7 Å². The normalized spacial score (nSPS) is 9.91. The lowest BCUT2D eigenvalue weighted by Crippen LogP contribution is -2.02. The molecule has 1 heterocycles. The Morgan fingerprint density at radius 3 is 2.26 bits per heavy atom. The molecule has 0 saturated carbocycles. The summed E-state index contributed by atoms with van der Waals surface area (Å²) >= 11 is 0. The second-order valence-corrected chi connectivity index (χ2v) is 5.02. The first-order chi connectivity index (χ1) is 11.2. The summed E-state index contributed by atoms with van der Waals surface area (Å²) in [7, 11) is 0. The van der Waals surface area contributed by atoms with Crippen molar-refractivity contribution in [2.45, 2.75) is 6.92 Å². The molecule has 0 aliphatic carbocycles. The van der Waals surface area contributed by atoms with Crippen LogP contribution in [0.2, 0.25) is 0 Å². The molecule has 5 nitrogen and oxygen atoms in total. The van der Waals surface area contributed by atoms with Crippen molar-refractivity contribution in [3.05, 3.63) is 71.9 Å². The zero-order valence-corrected chi connectivity index (χ0v) is 12.6. The van der Waals surface area contributed by atoms with Gasteiger partial charge in [0.25, 0.3) is 0 Å². The largest absolute Gasteiger partial charge is 0.340 e. The first-order valence-corrected chi connectivity index (χ1v) is 7.18. The molecule has 0 fully saturated rings. The smallest absolute Gasteiger partial charge is 0.229 e. The number of nitrogens with zero attached hydrogens (tertiary/aromatic N) is 3. The molecule has 0 bridgehead atoms. The van der Waals surface area contributed by atoms with Gasteiger partial charge in [0.1, 0.15) is 5.82 Å². The molecular formula is C18H15N5. The fraction of sp³-hybridized carbons (Fsp3) is 0.0556. The van der Waals surface area contributed by atoms with Gasteiger partial charge in [0, 0.05) is 23.1 Å². The van der Waals surface area contributed by atoms with Crippen molar-refractivity contribution >= 4 is 23.1 Å². The summed E-state index contributed by atoms with van der Waals surface area (Å²) < 4.78 is 0. The van der Waals surface area contributed by atoms with Crippen LogP contribution >= 0.6 is 0 Å². The van der Waals surface area contributed by atoms with Crippen molar-refractivity contribution in [2.75, 3.05) is 10.6 Å². The van der Waals surface area contributed by atoms with Gasteiger partial charge in [-0.15, -0.1) is 0 Å². The van der Waals surface area contributed by atoms with Gasteiger partial charge in [-0.2, -0.15) is 10.2 Å². The highest BCUT2D eigenvalue weighted by molar-refractivity contribution is 5.60. The van der Waals surface area contributed by atoms with E-state index in [0.29, 0.717) is 17.3 Å². The number of aromatic nitrogens is 2. The van der Waals surface area contributed by atoms with Crippen molar-refractivity contribution in [2.24, 2.45) is 0 Å². The minimum Gasteiger partial charge on any atom is -0.340 e. The van der Waals surface area contributed by atoms with Crippen LogP contribution in [0.25, 0.3) is 0 Å². The molecule has 2 N–H and O–H groups in total. The minimum atomic E-state index is 0.535. The van der Waals surface area contributed by atoms with E-state index in [9.17, 15) is 0 Å². The molecule has 3 rings (SSSR count). The van der Waals surface area contributed by atoms with Crippen LogP contribution in [0.15, 0.2) is 60.7 Å². The van der Waals surface area contributed by atoms with Crippen LogP contribution in [0.1, 0.15) is 11.3 Å². The van der Waals surface area contributed by atoms with Gasteiger partial charge in [-0.25, -0.2) is 4.98 Å². The third-order valence-electron chi connectivity index (χ3n) is 3.17. The average molecular weight is 301 g/mol. The highest BCUT2D eigenvalue weighted by Crippen LogP contribution is 2.19. The lowest BCUT2D eigenvalue weighted by atomic mass is 10.2. The van der Waals surface area contributed by atoms with E-state index in [1.165, 1.54) is 0 Å². The molecule has 0 aliphatic heterocycles. The Hall–Kier alpha value is -3.39. The van der Waals surface area contributed by atoms with Gasteiger partial charge in [-0.1, -0.05) is 18.2 Å². The molecule has 0 amide bonds. The number of aryl methyl sites for hydroxylation is 1. The molecule has 0 saturated heterocycles. The van der Waals surface area contributed by atoms with E-state index < -0.39 is 0 Å². The molecular weight excluding hydrogens is 286 g/mol. The summed E-state index contributed by atoms with van der Waals surface area (Å²) in [6, 6.07) is 21.0. The van der Waals surface area contributed by atoms with E-state index in [0.717, 1.165) is 17.1 Å². The van der Waals surface area contributed by atoms with E-state index in [1.807, 2.05) is 55.5 Å². The Morgan fingerprint density at radius 1 is 0.870 bits per heavy atom. The summed E-state index contributed by atoms with van der Waals surface area (Å²) in [5.41, 5.74) is 3.28. The Bertz CT molecular complexity index is 836. The quantitative estimate of drug-likeness (QED) is 0.757. The molecule has 0 radical (unpaired) electrons. The summed E-state index contributed by atoms with van der Waals surface area (Å²) in [6.07, 6.45) is 0. The number of hydrogen-bond acceptors (Lipinski definition) is 5. The van der Waals surface area contributed by atoms with Crippen molar-refractivity contribution in [1.82, 2.24) is 9.97 Å². The van der Waals surface area contributed by atoms with Crippen molar-refractivity contribution in [3.8, 4) is 6.07 Å². The van der Waals surface area contributed by atoms with Crippen molar-refractivity contribution < 1.29 is 0 Å². The Labute approximate surface area is 134 Å². The van der Waals surface area contributed by atoms with E-state index in [4.69, 9.17) is 5.26 Å². The maximum Gasteiger partial charge on any atom is 0.229 e. The van der Waals surface area contributed by atoms with Crippen LogP contribution in [-0.2, 0) is 0 Å².